The predicted octanol–water partition coefficient (Wildman–Crippen LogP) is 0.703. The summed E-state index contributed by atoms with van der Waals surface area (Å²) in [5.41, 5.74) is 1.55. The Kier molecular flexibility index (Phi) is 1.43. The lowest BCUT2D eigenvalue weighted by atomic mass is 10.5. The fourth-order valence-corrected chi connectivity index (χ4v) is 1.12. The normalized spacial score (nSPS) is 10.5. The monoisotopic (exact) mass is 163 g/mol. The van der Waals surface area contributed by atoms with Gasteiger partial charge in [-0.15, -0.1) is 0 Å². The van der Waals surface area contributed by atoms with E-state index in [2.05, 4.69) is 25.3 Å². The summed E-state index contributed by atoms with van der Waals surface area (Å²) in [6, 6.07) is 0. The van der Waals surface area contributed by atoms with Gasteiger partial charge in [-0.2, -0.15) is 0 Å². The molecule has 5 nitrogen and oxygen atoms in total. The van der Waals surface area contributed by atoms with E-state index in [-0.39, 0.29) is 0 Å². The number of anilines is 1. The van der Waals surface area contributed by atoms with E-state index in [0.29, 0.717) is 5.65 Å². The molecule has 62 valence electrons. The molecule has 0 bridgehead atoms. The minimum atomic E-state index is 0.701. The maximum absolute atomic E-state index is 4.20. The molecule has 0 saturated heterocycles. The molecule has 0 aromatic carbocycles. The fraction of sp³-hybridized carbons (Fsp3) is 0.286. The summed E-state index contributed by atoms with van der Waals surface area (Å²) in [6.45, 7) is 1.84. The van der Waals surface area contributed by atoms with Crippen molar-refractivity contribution in [1.29, 1.82) is 0 Å². The Morgan fingerprint density at radius 1 is 1.42 bits per heavy atom. The third-order valence-electron chi connectivity index (χ3n) is 1.63. The Morgan fingerprint density at radius 3 is 3.00 bits per heavy atom. The molecular weight excluding hydrogens is 154 g/mol. The van der Waals surface area contributed by atoms with Crippen molar-refractivity contribution in [2.75, 3.05) is 12.4 Å². The van der Waals surface area contributed by atoms with Crippen LogP contribution in [0.2, 0.25) is 0 Å². The highest BCUT2D eigenvalue weighted by atomic mass is 15.1. The molecule has 0 saturated carbocycles. The van der Waals surface area contributed by atoms with Gasteiger partial charge in [0.25, 0.3) is 0 Å². The number of aromatic nitrogens is 4. The minimum absolute atomic E-state index is 0.701. The van der Waals surface area contributed by atoms with Crippen LogP contribution in [0.3, 0.4) is 0 Å². The van der Waals surface area contributed by atoms with Gasteiger partial charge >= 0.3 is 0 Å². The number of imidazole rings is 1. The van der Waals surface area contributed by atoms with E-state index in [9.17, 15) is 0 Å². The highest BCUT2D eigenvalue weighted by Gasteiger charge is 2.04. The Balaban J connectivity index is 2.80. The zero-order valence-electron chi connectivity index (χ0n) is 6.92. The van der Waals surface area contributed by atoms with Crippen LogP contribution in [0.5, 0.6) is 0 Å². The van der Waals surface area contributed by atoms with Crippen molar-refractivity contribution in [3.8, 4) is 0 Å². The highest BCUT2D eigenvalue weighted by molar-refractivity contribution is 5.82. The number of rotatable bonds is 1. The number of aryl methyl sites for hydroxylation is 1. The van der Waals surface area contributed by atoms with Gasteiger partial charge in [-0.05, 0) is 6.92 Å². The summed E-state index contributed by atoms with van der Waals surface area (Å²) in [6.07, 6.45) is 1.61. The van der Waals surface area contributed by atoms with Crippen LogP contribution in [0.15, 0.2) is 6.33 Å². The van der Waals surface area contributed by atoms with Crippen LogP contribution in [0.25, 0.3) is 11.2 Å². The quantitative estimate of drug-likeness (QED) is 0.649. The van der Waals surface area contributed by atoms with Crippen molar-refractivity contribution in [2.24, 2.45) is 0 Å². The predicted molar refractivity (Wildman–Crippen MR) is 46.0 cm³/mol. The number of hydrogen-bond acceptors (Lipinski definition) is 4. The van der Waals surface area contributed by atoms with Gasteiger partial charge in [0.2, 0.25) is 0 Å². The molecule has 0 radical (unpaired) electrons. The first kappa shape index (κ1) is 7.02. The molecule has 2 aromatic heterocycles. The van der Waals surface area contributed by atoms with Crippen LogP contribution < -0.4 is 5.32 Å². The Hall–Kier alpha value is -1.65. The summed E-state index contributed by atoms with van der Waals surface area (Å²) < 4.78 is 0. The summed E-state index contributed by atoms with van der Waals surface area (Å²) in [5, 5.41) is 2.97. The van der Waals surface area contributed by atoms with Gasteiger partial charge in [-0.25, -0.2) is 15.0 Å². The largest absolute Gasteiger partial charge is 0.371 e. The lowest BCUT2D eigenvalue weighted by Crippen LogP contribution is -1.97. The molecule has 2 rings (SSSR count). The summed E-state index contributed by atoms with van der Waals surface area (Å²) in [4.78, 5) is 15.4. The second kappa shape index (κ2) is 2.44. The Bertz CT molecular complexity index is 405. The number of aromatic amines is 1. The van der Waals surface area contributed by atoms with Crippen LogP contribution in [-0.2, 0) is 0 Å². The average molecular weight is 163 g/mol. The molecule has 0 fully saturated rings. The van der Waals surface area contributed by atoms with Crippen LogP contribution >= 0.6 is 0 Å². The van der Waals surface area contributed by atoms with Crippen molar-refractivity contribution in [3.63, 3.8) is 0 Å². The van der Waals surface area contributed by atoms with Gasteiger partial charge in [0.1, 0.15) is 11.3 Å². The molecule has 0 aliphatic carbocycles. The molecule has 2 heterocycles. The van der Waals surface area contributed by atoms with Crippen LogP contribution in [-0.4, -0.2) is 27.0 Å². The average Bonchev–Trinajstić information content (AvgIpc) is 2.50. The molecule has 0 aliphatic heterocycles. The topological polar surface area (TPSA) is 66.5 Å². The summed E-state index contributed by atoms with van der Waals surface area (Å²) in [5.74, 6) is 1.51. The fourth-order valence-electron chi connectivity index (χ4n) is 1.12. The van der Waals surface area contributed by atoms with E-state index in [4.69, 9.17) is 0 Å². The standard InChI is InChI=1S/C7H9N5/c1-4-11-6(8-2)5-7(12-4)10-3-9-5/h3H,1-2H3,(H2,8,9,10,11,12). The first-order chi connectivity index (χ1) is 5.81. The van der Waals surface area contributed by atoms with Crippen molar-refractivity contribution in [2.45, 2.75) is 6.92 Å². The molecule has 5 heteroatoms. The first-order valence-electron chi connectivity index (χ1n) is 3.66. The number of fused-ring (bicyclic) bond motifs is 1. The van der Waals surface area contributed by atoms with Gasteiger partial charge < -0.3 is 10.3 Å². The van der Waals surface area contributed by atoms with Crippen LogP contribution in [0.1, 0.15) is 5.82 Å². The van der Waals surface area contributed by atoms with Gasteiger partial charge in [-0.1, -0.05) is 0 Å². The number of nitrogens with one attached hydrogen (secondary N) is 2. The molecule has 0 unspecified atom stereocenters. The molecule has 0 atom stereocenters. The van der Waals surface area contributed by atoms with E-state index in [1.165, 1.54) is 0 Å². The molecular formula is C7H9N5. The van der Waals surface area contributed by atoms with E-state index >= 15 is 0 Å². The second-order valence-corrected chi connectivity index (χ2v) is 2.47. The van der Waals surface area contributed by atoms with Gasteiger partial charge in [-0.3, -0.25) is 0 Å². The van der Waals surface area contributed by atoms with Gasteiger partial charge in [0.15, 0.2) is 11.5 Å². The molecule has 0 spiro atoms. The lowest BCUT2D eigenvalue weighted by molar-refractivity contribution is 1.08. The smallest absolute Gasteiger partial charge is 0.183 e. The lowest BCUT2D eigenvalue weighted by Gasteiger charge is -2.00. The summed E-state index contributed by atoms with van der Waals surface area (Å²) >= 11 is 0. The van der Waals surface area contributed by atoms with Gasteiger partial charge in [0.05, 0.1) is 6.33 Å². The van der Waals surface area contributed by atoms with E-state index < -0.39 is 0 Å². The molecule has 12 heavy (non-hydrogen) atoms. The highest BCUT2D eigenvalue weighted by Crippen LogP contribution is 2.14. The minimum Gasteiger partial charge on any atom is -0.371 e. The molecule has 0 amide bonds. The van der Waals surface area contributed by atoms with Crippen LogP contribution in [0.4, 0.5) is 5.82 Å². The van der Waals surface area contributed by atoms with Crippen molar-refractivity contribution in [3.05, 3.63) is 12.2 Å². The van der Waals surface area contributed by atoms with Crippen LogP contribution in [0, 0.1) is 6.92 Å². The molecule has 0 aliphatic rings. The Morgan fingerprint density at radius 2 is 2.25 bits per heavy atom. The van der Waals surface area contributed by atoms with Crippen molar-refractivity contribution < 1.29 is 0 Å². The molecule has 2 aromatic rings. The third kappa shape index (κ3) is 0.903. The van der Waals surface area contributed by atoms with Crippen molar-refractivity contribution >= 4 is 17.0 Å². The second-order valence-electron chi connectivity index (χ2n) is 2.47. The summed E-state index contributed by atoms with van der Waals surface area (Å²) in [7, 11) is 1.82. The zero-order valence-corrected chi connectivity index (χ0v) is 6.92. The zero-order chi connectivity index (χ0) is 8.55. The first-order valence-corrected chi connectivity index (χ1v) is 3.66. The SMILES string of the molecule is CNc1nc(C)nc2nc[nH]c12. The number of nitrogens with zero attached hydrogens (tertiary/aromatic N) is 3. The van der Waals surface area contributed by atoms with E-state index in [0.717, 1.165) is 17.2 Å². The van der Waals surface area contributed by atoms with E-state index in [1.807, 2.05) is 14.0 Å². The number of H-pyrrole nitrogens is 1. The van der Waals surface area contributed by atoms with E-state index in [1.54, 1.807) is 6.33 Å². The number of hydrogen-bond donors (Lipinski definition) is 2. The maximum Gasteiger partial charge on any atom is 0.183 e. The molecule has 2 N–H and O–H groups in total. The third-order valence-corrected chi connectivity index (χ3v) is 1.63. The van der Waals surface area contributed by atoms with Gasteiger partial charge in [0, 0.05) is 7.05 Å². The van der Waals surface area contributed by atoms with Crippen molar-refractivity contribution in [1.82, 2.24) is 19.9 Å². The Labute approximate surface area is 69.3 Å². The maximum atomic E-state index is 4.20.